The molecule has 1 saturated heterocycles. The fourth-order valence-electron chi connectivity index (χ4n) is 1.99. The molecule has 3 nitrogen and oxygen atoms in total. The van der Waals surface area contributed by atoms with Crippen molar-refractivity contribution in [2.45, 2.75) is 25.4 Å². The molecule has 1 aliphatic rings. The van der Waals surface area contributed by atoms with Gasteiger partial charge in [-0.25, -0.2) is 0 Å². The maximum Gasteiger partial charge on any atom is 0.0317 e. The lowest BCUT2D eigenvalue weighted by Gasteiger charge is -2.23. The van der Waals surface area contributed by atoms with Gasteiger partial charge in [0, 0.05) is 18.3 Å². The fourth-order valence-corrected chi connectivity index (χ4v) is 1.99. The van der Waals surface area contributed by atoms with Crippen molar-refractivity contribution in [3.63, 3.8) is 0 Å². The summed E-state index contributed by atoms with van der Waals surface area (Å²) in [5.74, 6) is 0. The van der Waals surface area contributed by atoms with Crippen LogP contribution in [0.2, 0.25) is 0 Å². The first-order chi connectivity index (χ1) is 7.34. The van der Waals surface area contributed by atoms with Crippen molar-refractivity contribution in [3.8, 4) is 0 Å². The maximum atomic E-state index is 5.73. The molecular weight excluding hydrogens is 186 g/mol. The molecule has 0 amide bonds. The number of hydrogen-bond acceptors (Lipinski definition) is 3. The normalized spacial score (nSPS) is 17.9. The highest BCUT2D eigenvalue weighted by molar-refractivity contribution is 5.40. The van der Waals surface area contributed by atoms with Gasteiger partial charge in [-0.15, -0.1) is 0 Å². The second-order valence-electron chi connectivity index (χ2n) is 4.15. The van der Waals surface area contributed by atoms with Gasteiger partial charge in [-0.2, -0.15) is 0 Å². The molecule has 1 aliphatic heterocycles. The van der Waals surface area contributed by atoms with Crippen molar-refractivity contribution in [3.05, 3.63) is 29.8 Å². The van der Waals surface area contributed by atoms with E-state index in [0.29, 0.717) is 6.04 Å². The Hall–Kier alpha value is -1.06. The first kappa shape index (κ1) is 10.5. The Balaban J connectivity index is 1.81. The molecule has 0 saturated carbocycles. The van der Waals surface area contributed by atoms with E-state index in [4.69, 9.17) is 5.73 Å². The zero-order valence-corrected chi connectivity index (χ0v) is 9.00. The van der Waals surface area contributed by atoms with E-state index in [-0.39, 0.29) is 0 Å². The van der Waals surface area contributed by atoms with E-state index in [2.05, 4.69) is 16.7 Å². The Kier molecular flexibility index (Phi) is 3.59. The van der Waals surface area contributed by atoms with E-state index in [0.717, 1.165) is 25.3 Å². The van der Waals surface area contributed by atoms with Crippen LogP contribution in [0.3, 0.4) is 0 Å². The predicted molar refractivity (Wildman–Crippen MR) is 63.6 cm³/mol. The Morgan fingerprint density at radius 1 is 1.33 bits per heavy atom. The van der Waals surface area contributed by atoms with E-state index in [1.54, 1.807) is 0 Å². The molecule has 1 heterocycles. The first-order valence-electron chi connectivity index (χ1n) is 5.63. The second kappa shape index (κ2) is 5.14. The molecule has 82 valence electrons. The third-order valence-corrected chi connectivity index (χ3v) is 2.89. The van der Waals surface area contributed by atoms with Gasteiger partial charge in [0.2, 0.25) is 0 Å². The minimum atomic E-state index is 0.660. The Morgan fingerprint density at radius 2 is 2.13 bits per heavy atom. The van der Waals surface area contributed by atoms with E-state index in [9.17, 15) is 0 Å². The van der Waals surface area contributed by atoms with E-state index in [1.165, 1.54) is 18.4 Å². The molecule has 0 aromatic heterocycles. The quantitative estimate of drug-likeness (QED) is 0.648. The third-order valence-electron chi connectivity index (χ3n) is 2.89. The van der Waals surface area contributed by atoms with E-state index in [1.807, 2.05) is 18.2 Å². The average molecular weight is 205 g/mol. The summed E-state index contributed by atoms with van der Waals surface area (Å²) in [6, 6.07) is 8.74. The summed E-state index contributed by atoms with van der Waals surface area (Å²) >= 11 is 0. The molecule has 1 aromatic rings. The van der Waals surface area contributed by atoms with Crippen LogP contribution in [-0.4, -0.2) is 19.1 Å². The smallest absolute Gasteiger partial charge is 0.0317 e. The summed E-state index contributed by atoms with van der Waals surface area (Å²) in [7, 11) is 0. The van der Waals surface area contributed by atoms with E-state index < -0.39 is 0 Å². The highest BCUT2D eigenvalue weighted by Gasteiger charge is 2.11. The summed E-state index contributed by atoms with van der Waals surface area (Å²) in [6.07, 6.45) is 2.45. The van der Waals surface area contributed by atoms with Crippen LogP contribution in [0, 0.1) is 0 Å². The van der Waals surface area contributed by atoms with Gasteiger partial charge in [-0.05, 0) is 43.6 Å². The lowest BCUT2D eigenvalue weighted by Crippen LogP contribution is -2.39. The van der Waals surface area contributed by atoms with Gasteiger partial charge in [-0.1, -0.05) is 12.1 Å². The number of nitrogens with one attached hydrogen (secondary N) is 2. The highest BCUT2D eigenvalue weighted by Crippen LogP contribution is 2.08. The zero-order valence-electron chi connectivity index (χ0n) is 9.00. The topological polar surface area (TPSA) is 50.1 Å². The van der Waals surface area contributed by atoms with Gasteiger partial charge in [0.05, 0.1) is 0 Å². The van der Waals surface area contributed by atoms with Crippen molar-refractivity contribution in [2.75, 3.05) is 18.8 Å². The average Bonchev–Trinajstić information content (AvgIpc) is 2.28. The van der Waals surface area contributed by atoms with Gasteiger partial charge in [0.1, 0.15) is 0 Å². The number of nitrogen functional groups attached to an aromatic ring is 1. The van der Waals surface area contributed by atoms with Gasteiger partial charge < -0.3 is 16.4 Å². The van der Waals surface area contributed by atoms with Crippen LogP contribution in [0.5, 0.6) is 0 Å². The van der Waals surface area contributed by atoms with Gasteiger partial charge in [-0.3, -0.25) is 0 Å². The van der Waals surface area contributed by atoms with Crippen LogP contribution in [0.15, 0.2) is 24.3 Å². The van der Waals surface area contributed by atoms with Crippen LogP contribution in [0.4, 0.5) is 5.69 Å². The molecule has 0 bridgehead atoms. The molecule has 0 spiro atoms. The Bertz CT molecular complexity index is 305. The lowest BCUT2D eigenvalue weighted by atomic mass is 10.1. The number of nitrogens with two attached hydrogens (primary N) is 1. The van der Waals surface area contributed by atoms with Crippen molar-refractivity contribution in [1.29, 1.82) is 0 Å². The number of hydrogen-bond donors (Lipinski definition) is 3. The summed E-state index contributed by atoms with van der Waals surface area (Å²) in [6.45, 7) is 3.19. The lowest BCUT2D eigenvalue weighted by molar-refractivity contribution is 0.386. The van der Waals surface area contributed by atoms with Crippen LogP contribution in [0.25, 0.3) is 0 Å². The largest absolute Gasteiger partial charge is 0.399 e. The molecular formula is C12H19N3. The van der Waals surface area contributed by atoms with E-state index >= 15 is 0 Å². The maximum absolute atomic E-state index is 5.73. The molecule has 1 aromatic carbocycles. The number of benzene rings is 1. The monoisotopic (exact) mass is 205 g/mol. The molecule has 0 atom stereocenters. The molecule has 0 aliphatic carbocycles. The second-order valence-corrected chi connectivity index (χ2v) is 4.15. The van der Waals surface area contributed by atoms with Crippen molar-refractivity contribution in [2.24, 2.45) is 0 Å². The third kappa shape index (κ3) is 3.22. The Labute approximate surface area is 91.1 Å². The SMILES string of the molecule is Nc1cccc(CNC2CCNCC2)c1. The van der Waals surface area contributed by atoms with Crippen molar-refractivity contribution < 1.29 is 0 Å². The molecule has 3 heteroatoms. The number of piperidine rings is 1. The first-order valence-corrected chi connectivity index (χ1v) is 5.63. The minimum Gasteiger partial charge on any atom is -0.399 e. The van der Waals surface area contributed by atoms with Crippen molar-refractivity contribution in [1.82, 2.24) is 10.6 Å². The molecule has 0 unspecified atom stereocenters. The highest BCUT2D eigenvalue weighted by atomic mass is 15.0. The fraction of sp³-hybridized carbons (Fsp3) is 0.500. The van der Waals surface area contributed by atoms with Crippen LogP contribution < -0.4 is 16.4 Å². The van der Waals surface area contributed by atoms with Crippen molar-refractivity contribution >= 4 is 5.69 Å². The summed E-state index contributed by atoms with van der Waals surface area (Å²) in [4.78, 5) is 0. The summed E-state index contributed by atoms with van der Waals surface area (Å²) in [5.41, 5.74) is 7.85. The van der Waals surface area contributed by atoms with Gasteiger partial charge in [0.25, 0.3) is 0 Å². The number of rotatable bonds is 3. The van der Waals surface area contributed by atoms with Crippen LogP contribution in [-0.2, 0) is 6.54 Å². The van der Waals surface area contributed by atoms with Gasteiger partial charge >= 0.3 is 0 Å². The summed E-state index contributed by atoms with van der Waals surface area (Å²) < 4.78 is 0. The Morgan fingerprint density at radius 3 is 2.87 bits per heavy atom. The minimum absolute atomic E-state index is 0.660. The zero-order chi connectivity index (χ0) is 10.5. The predicted octanol–water partition coefficient (Wildman–Crippen LogP) is 1.11. The number of anilines is 1. The molecule has 4 N–H and O–H groups in total. The molecule has 2 rings (SSSR count). The standard InChI is InChI=1S/C12H19N3/c13-11-3-1-2-10(8-11)9-15-12-4-6-14-7-5-12/h1-3,8,12,14-15H,4-7,9,13H2. The van der Waals surface area contributed by atoms with Crippen LogP contribution >= 0.6 is 0 Å². The molecule has 1 fully saturated rings. The van der Waals surface area contributed by atoms with Crippen LogP contribution in [0.1, 0.15) is 18.4 Å². The molecule has 15 heavy (non-hydrogen) atoms. The molecule has 0 radical (unpaired) electrons. The van der Waals surface area contributed by atoms with Gasteiger partial charge in [0.15, 0.2) is 0 Å². The summed E-state index contributed by atoms with van der Waals surface area (Å²) in [5, 5.41) is 6.93.